The molecule has 0 bridgehead atoms. The molecular weight excluding hydrogens is 354 g/mol. The molecule has 2 rings (SSSR count). The maximum absolute atomic E-state index is 12.3. The SMILES string of the molecule is CCOc1ccccc1N(CC(=O)NN=C1CCCCCC1)S(C)(=O)=O. The van der Waals surface area contributed by atoms with Crippen molar-refractivity contribution >= 4 is 27.3 Å². The quantitative estimate of drug-likeness (QED) is 0.581. The Morgan fingerprint density at radius 3 is 2.46 bits per heavy atom. The largest absolute Gasteiger partial charge is 0.492 e. The minimum atomic E-state index is -3.66. The van der Waals surface area contributed by atoms with Crippen molar-refractivity contribution in [3.05, 3.63) is 24.3 Å². The van der Waals surface area contributed by atoms with Crippen LogP contribution >= 0.6 is 0 Å². The summed E-state index contributed by atoms with van der Waals surface area (Å²) in [5, 5.41) is 4.20. The molecule has 0 aromatic heterocycles. The Labute approximate surface area is 155 Å². The second-order valence-corrected chi connectivity index (χ2v) is 8.20. The van der Waals surface area contributed by atoms with Gasteiger partial charge in [-0.05, 0) is 44.7 Å². The molecule has 1 fully saturated rings. The summed E-state index contributed by atoms with van der Waals surface area (Å²) in [4.78, 5) is 12.3. The van der Waals surface area contributed by atoms with Gasteiger partial charge in [-0.15, -0.1) is 0 Å². The molecule has 0 unspecified atom stereocenters. The monoisotopic (exact) mass is 381 g/mol. The molecule has 1 aromatic rings. The average Bonchev–Trinajstić information content (AvgIpc) is 2.87. The van der Waals surface area contributed by atoms with Gasteiger partial charge in [-0.3, -0.25) is 9.10 Å². The van der Waals surface area contributed by atoms with Crippen molar-refractivity contribution in [2.75, 3.05) is 23.7 Å². The Bertz CT molecular complexity index is 737. The number of hydrogen-bond donors (Lipinski definition) is 1. The number of anilines is 1. The highest BCUT2D eigenvalue weighted by Crippen LogP contribution is 2.29. The molecular formula is C18H27N3O4S. The molecule has 0 spiro atoms. The lowest BCUT2D eigenvalue weighted by Crippen LogP contribution is -2.39. The first-order valence-corrected chi connectivity index (χ1v) is 10.8. The van der Waals surface area contributed by atoms with Gasteiger partial charge in [0, 0.05) is 5.71 Å². The van der Waals surface area contributed by atoms with Crippen LogP contribution < -0.4 is 14.5 Å². The van der Waals surface area contributed by atoms with Gasteiger partial charge in [0.1, 0.15) is 12.3 Å². The van der Waals surface area contributed by atoms with Gasteiger partial charge in [0.05, 0.1) is 18.6 Å². The van der Waals surface area contributed by atoms with E-state index in [4.69, 9.17) is 4.74 Å². The van der Waals surface area contributed by atoms with Crippen LogP contribution in [0.4, 0.5) is 5.69 Å². The van der Waals surface area contributed by atoms with E-state index in [-0.39, 0.29) is 6.54 Å². The maximum atomic E-state index is 12.3. The van der Waals surface area contributed by atoms with E-state index >= 15 is 0 Å². The number of benzene rings is 1. The number of hydrazone groups is 1. The summed E-state index contributed by atoms with van der Waals surface area (Å²) < 4.78 is 31.0. The molecule has 1 saturated carbocycles. The fourth-order valence-electron chi connectivity index (χ4n) is 2.88. The molecule has 26 heavy (non-hydrogen) atoms. The summed E-state index contributed by atoms with van der Waals surface area (Å²) in [6.07, 6.45) is 7.34. The van der Waals surface area contributed by atoms with E-state index < -0.39 is 15.9 Å². The van der Waals surface area contributed by atoms with E-state index in [2.05, 4.69) is 10.5 Å². The molecule has 1 aromatic carbocycles. The number of para-hydroxylation sites is 2. The smallest absolute Gasteiger partial charge is 0.260 e. The normalized spacial score (nSPS) is 15.1. The molecule has 1 N–H and O–H groups in total. The second kappa shape index (κ2) is 9.56. The third-order valence-electron chi connectivity index (χ3n) is 4.14. The summed E-state index contributed by atoms with van der Waals surface area (Å²) in [6.45, 7) is 1.87. The Balaban J connectivity index is 2.13. The molecule has 1 amide bonds. The summed E-state index contributed by atoms with van der Waals surface area (Å²) in [5.74, 6) is -0.0539. The van der Waals surface area contributed by atoms with Crippen molar-refractivity contribution < 1.29 is 17.9 Å². The van der Waals surface area contributed by atoms with Crippen LogP contribution in [0.2, 0.25) is 0 Å². The molecule has 1 aliphatic rings. The van der Waals surface area contributed by atoms with Crippen molar-refractivity contribution in [1.29, 1.82) is 0 Å². The predicted octanol–water partition coefficient (Wildman–Crippen LogP) is 2.68. The van der Waals surface area contributed by atoms with Crippen LogP contribution in [-0.2, 0) is 14.8 Å². The van der Waals surface area contributed by atoms with Gasteiger partial charge in [-0.1, -0.05) is 25.0 Å². The first-order chi connectivity index (χ1) is 12.4. The van der Waals surface area contributed by atoms with Crippen molar-refractivity contribution in [3.8, 4) is 5.75 Å². The summed E-state index contributed by atoms with van der Waals surface area (Å²) in [5.41, 5.74) is 3.82. The highest BCUT2D eigenvalue weighted by Gasteiger charge is 2.23. The van der Waals surface area contributed by atoms with E-state index in [0.29, 0.717) is 18.0 Å². The zero-order chi connectivity index (χ0) is 19.0. The number of rotatable bonds is 7. The molecule has 7 nitrogen and oxygen atoms in total. The lowest BCUT2D eigenvalue weighted by molar-refractivity contribution is -0.119. The molecule has 0 heterocycles. The van der Waals surface area contributed by atoms with Crippen LogP contribution in [-0.4, -0.2) is 39.4 Å². The van der Waals surface area contributed by atoms with E-state index in [1.54, 1.807) is 24.3 Å². The number of nitrogens with one attached hydrogen (secondary N) is 1. The minimum Gasteiger partial charge on any atom is -0.492 e. The Morgan fingerprint density at radius 1 is 1.19 bits per heavy atom. The minimum absolute atomic E-state index is 0.342. The van der Waals surface area contributed by atoms with E-state index in [9.17, 15) is 13.2 Å². The number of hydrogen-bond acceptors (Lipinski definition) is 5. The van der Waals surface area contributed by atoms with Gasteiger partial charge in [-0.2, -0.15) is 5.10 Å². The maximum Gasteiger partial charge on any atom is 0.260 e. The van der Waals surface area contributed by atoms with Crippen molar-refractivity contribution in [1.82, 2.24) is 5.43 Å². The van der Waals surface area contributed by atoms with E-state index in [1.807, 2.05) is 6.92 Å². The number of nitrogens with zero attached hydrogens (tertiary/aromatic N) is 2. The fourth-order valence-corrected chi connectivity index (χ4v) is 3.74. The average molecular weight is 381 g/mol. The number of sulfonamides is 1. The first kappa shape index (κ1) is 20.2. The van der Waals surface area contributed by atoms with Gasteiger partial charge in [-0.25, -0.2) is 13.8 Å². The Morgan fingerprint density at radius 2 is 1.85 bits per heavy atom. The van der Waals surface area contributed by atoms with Gasteiger partial charge < -0.3 is 4.74 Å². The van der Waals surface area contributed by atoms with Crippen molar-refractivity contribution in [3.63, 3.8) is 0 Å². The van der Waals surface area contributed by atoms with Crippen molar-refractivity contribution in [2.24, 2.45) is 5.10 Å². The number of ether oxygens (including phenoxy) is 1. The number of carbonyl (C=O) groups is 1. The third kappa shape index (κ3) is 6.01. The topological polar surface area (TPSA) is 88.1 Å². The second-order valence-electron chi connectivity index (χ2n) is 6.30. The lowest BCUT2D eigenvalue weighted by Gasteiger charge is -2.23. The summed E-state index contributed by atoms with van der Waals surface area (Å²) in [7, 11) is -3.66. The fraction of sp³-hybridized carbons (Fsp3) is 0.556. The van der Waals surface area contributed by atoms with Gasteiger partial charge in [0.2, 0.25) is 10.0 Å². The van der Waals surface area contributed by atoms with E-state index in [1.165, 1.54) is 12.8 Å². The summed E-state index contributed by atoms with van der Waals surface area (Å²) >= 11 is 0. The number of carbonyl (C=O) groups excluding carboxylic acids is 1. The molecule has 1 aliphatic carbocycles. The Hall–Kier alpha value is -2.09. The predicted molar refractivity (Wildman–Crippen MR) is 103 cm³/mol. The number of amides is 1. The zero-order valence-corrected chi connectivity index (χ0v) is 16.2. The molecule has 8 heteroatoms. The highest BCUT2D eigenvalue weighted by atomic mass is 32.2. The van der Waals surface area contributed by atoms with Gasteiger partial charge in [0.15, 0.2) is 0 Å². The first-order valence-electron chi connectivity index (χ1n) is 8.95. The van der Waals surface area contributed by atoms with Crippen LogP contribution in [0, 0.1) is 0 Å². The molecule has 0 atom stereocenters. The van der Waals surface area contributed by atoms with Crippen LogP contribution in [0.5, 0.6) is 5.75 Å². The standard InChI is InChI=1S/C18H27N3O4S/c1-3-25-17-13-9-8-12-16(17)21(26(2,23)24)14-18(22)20-19-15-10-6-4-5-7-11-15/h8-9,12-13H,3-7,10-11,14H2,1-2H3,(H,20,22). The van der Waals surface area contributed by atoms with Gasteiger partial charge in [0.25, 0.3) is 5.91 Å². The lowest BCUT2D eigenvalue weighted by atomic mass is 10.2. The zero-order valence-electron chi connectivity index (χ0n) is 15.4. The molecule has 0 radical (unpaired) electrons. The molecule has 144 valence electrons. The van der Waals surface area contributed by atoms with Crippen LogP contribution in [0.15, 0.2) is 29.4 Å². The molecule has 0 saturated heterocycles. The van der Waals surface area contributed by atoms with E-state index in [0.717, 1.165) is 42.0 Å². The van der Waals surface area contributed by atoms with Crippen LogP contribution in [0.1, 0.15) is 45.4 Å². The highest BCUT2D eigenvalue weighted by molar-refractivity contribution is 7.92. The summed E-state index contributed by atoms with van der Waals surface area (Å²) in [6, 6.07) is 6.77. The Kier molecular flexibility index (Phi) is 7.44. The third-order valence-corrected chi connectivity index (χ3v) is 5.27. The van der Waals surface area contributed by atoms with Gasteiger partial charge >= 0.3 is 0 Å². The van der Waals surface area contributed by atoms with Crippen LogP contribution in [0.3, 0.4) is 0 Å². The van der Waals surface area contributed by atoms with Crippen molar-refractivity contribution in [2.45, 2.75) is 45.4 Å². The molecule has 0 aliphatic heterocycles. The van der Waals surface area contributed by atoms with Crippen LogP contribution in [0.25, 0.3) is 0 Å².